The van der Waals surface area contributed by atoms with E-state index >= 15 is 0 Å². The van der Waals surface area contributed by atoms with E-state index in [1.54, 1.807) is 36.4 Å². The molecular weight excluding hydrogens is 973 g/mol. The maximum atomic E-state index is 12.6. The lowest BCUT2D eigenvalue weighted by atomic mass is 9.90. The molecule has 11 rings (SSSR count). The number of nitrogens with zero attached hydrogens (tertiary/aromatic N) is 10. The highest BCUT2D eigenvalue weighted by Gasteiger charge is 2.23. The molecule has 380 valence electrons. The standard InChI is InChI=1S/C64H50N10O4/c1-41-16-14-26-59(65-41)60-27-15-25-54(66-60)40-78-64-48-30-46-36-56(72-68-51-19-8-3-9-20-51)34-44(62(46)76)28-42-32-55(71-67-50-17-6-2-7-18-50)33-43(61(42)75)29-45-35-57(73-69-52-21-10-4-11-22-52)37-47(63(45)77)31-49(64)39-58(38-48)74-70-53-23-12-5-13-24-53/h2-27,32-39,75-77H,28-31,40H2,1H3. The lowest BCUT2D eigenvalue weighted by Gasteiger charge is -2.20. The predicted octanol–water partition coefficient (Wildman–Crippen LogP) is 17.5. The first-order valence-electron chi connectivity index (χ1n) is 25.3. The van der Waals surface area contributed by atoms with Gasteiger partial charge in [0.2, 0.25) is 0 Å². The minimum atomic E-state index is -0.0412. The van der Waals surface area contributed by atoms with E-state index in [2.05, 4.69) is 25.6 Å². The molecule has 8 bridgehead atoms. The van der Waals surface area contributed by atoms with E-state index in [1.165, 1.54) is 0 Å². The zero-order valence-corrected chi connectivity index (χ0v) is 42.4. The Balaban J connectivity index is 1.12. The first kappa shape index (κ1) is 49.9. The molecule has 0 saturated carbocycles. The lowest BCUT2D eigenvalue weighted by Crippen LogP contribution is -2.06. The average Bonchev–Trinajstić information content (AvgIpc) is 3.49. The number of ether oxygens (including phenoxy) is 1. The molecule has 3 N–H and O–H groups in total. The Kier molecular flexibility index (Phi) is 14.7. The van der Waals surface area contributed by atoms with Gasteiger partial charge in [0, 0.05) is 75.9 Å². The zero-order valence-electron chi connectivity index (χ0n) is 42.4. The number of rotatable bonds is 12. The summed E-state index contributed by atoms with van der Waals surface area (Å²) in [5, 5.41) is 74.6. The fourth-order valence-electron chi connectivity index (χ4n) is 9.24. The van der Waals surface area contributed by atoms with Gasteiger partial charge in [-0.1, -0.05) is 84.9 Å². The maximum absolute atomic E-state index is 12.6. The number of phenolic OH excluding ortho intramolecular Hbond substituents is 3. The Hall–Kier alpha value is -10.3. The molecule has 0 spiro atoms. The van der Waals surface area contributed by atoms with Gasteiger partial charge in [-0.2, -0.15) is 40.9 Å². The van der Waals surface area contributed by atoms with Gasteiger partial charge >= 0.3 is 0 Å². The number of aromatic nitrogens is 2. The van der Waals surface area contributed by atoms with Gasteiger partial charge < -0.3 is 20.1 Å². The summed E-state index contributed by atoms with van der Waals surface area (Å²) < 4.78 is 6.99. The number of hydrogen-bond donors (Lipinski definition) is 3. The van der Waals surface area contributed by atoms with Crippen LogP contribution in [0.1, 0.15) is 55.9 Å². The minimum absolute atomic E-state index is 0.0156. The molecule has 8 aromatic carbocycles. The third-order valence-electron chi connectivity index (χ3n) is 13.0. The second-order valence-corrected chi connectivity index (χ2v) is 18.7. The van der Waals surface area contributed by atoms with Crippen molar-refractivity contribution in [2.24, 2.45) is 40.9 Å². The lowest BCUT2D eigenvalue weighted by molar-refractivity contribution is 0.296. The molecule has 0 fully saturated rings. The van der Waals surface area contributed by atoms with Crippen molar-refractivity contribution >= 4 is 45.5 Å². The molecule has 10 aromatic rings. The normalized spacial score (nSPS) is 12.5. The summed E-state index contributed by atoms with van der Waals surface area (Å²) in [6.45, 7) is 1.99. The molecule has 0 atom stereocenters. The van der Waals surface area contributed by atoms with E-state index in [9.17, 15) is 15.3 Å². The molecule has 2 heterocycles. The van der Waals surface area contributed by atoms with Gasteiger partial charge in [-0.25, -0.2) is 4.98 Å². The van der Waals surface area contributed by atoms with E-state index in [0.29, 0.717) is 107 Å². The van der Waals surface area contributed by atoms with E-state index in [0.717, 1.165) is 11.4 Å². The third-order valence-corrected chi connectivity index (χ3v) is 13.0. The molecule has 0 unspecified atom stereocenters. The summed E-state index contributed by atoms with van der Waals surface area (Å²) >= 11 is 0. The topological polar surface area (TPSA) is 195 Å². The number of azo groups is 4. The van der Waals surface area contributed by atoms with Crippen LogP contribution >= 0.6 is 0 Å². The number of aromatic hydroxyl groups is 3. The van der Waals surface area contributed by atoms with Crippen LogP contribution in [0.4, 0.5) is 45.5 Å². The van der Waals surface area contributed by atoms with Crippen molar-refractivity contribution in [1.29, 1.82) is 0 Å². The van der Waals surface area contributed by atoms with Crippen LogP contribution < -0.4 is 4.74 Å². The average molecular weight is 1020 g/mol. The summed E-state index contributed by atoms with van der Waals surface area (Å²) in [6, 6.07) is 63.5. The highest BCUT2D eigenvalue weighted by molar-refractivity contribution is 5.65. The molecule has 0 aliphatic heterocycles. The summed E-state index contributed by atoms with van der Waals surface area (Å²) in [4.78, 5) is 9.70. The SMILES string of the molecule is Cc1cccc(-c2cccc(COc3c4cc(N=Nc5ccccc5)cc3Cc3cc(N=Nc5ccccc5)cc(c3O)Cc3cc(N=Nc5ccccc5)cc(c3O)Cc3cc(N=Nc5ccccc5)cc(c3O)C4)n2)n1. The zero-order chi connectivity index (χ0) is 53.2. The molecule has 1 aliphatic rings. The van der Waals surface area contributed by atoms with Crippen LogP contribution in [-0.2, 0) is 32.3 Å². The van der Waals surface area contributed by atoms with Crippen LogP contribution in [0.15, 0.2) is 247 Å². The summed E-state index contributed by atoms with van der Waals surface area (Å²) in [5.74, 6) is 0.407. The fourth-order valence-corrected chi connectivity index (χ4v) is 9.24. The largest absolute Gasteiger partial charge is 0.507 e. The fraction of sp³-hybridized carbons (Fsp3) is 0.0938. The van der Waals surface area contributed by atoms with Crippen molar-refractivity contribution < 1.29 is 20.1 Å². The Bertz CT molecular complexity index is 3760. The minimum Gasteiger partial charge on any atom is -0.507 e. The van der Waals surface area contributed by atoms with Gasteiger partial charge in [0.05, 0.1) is 62.6 Å². The van der Waals surface area contributed by atoms with E-state index in [1.807, 2.05) is 177 Å². The van der Waals surface area contributed by atoms with E-state index < -0.39 is 0 Å². The monoisotopic (exact) mass is 1020 g/mol. The number of aryl methyl sites for hydroxylation is 1. The third kappa shape index (κ3) is 12.1. The number of phenols is 3. The van der Waals surface area contributed by atoms with Gasteiger partial charge in [0.15, 0.2) is 0 Å². The highest BCUT2D eigenvalue weighted by atomic mass is 16.5. The Morgan fingerprint density at radius 1 is 0.333 bits per heavy atom. The molecule has 14 nitrogen and oxygen atoms in total. The van der Waals surface area contributed by atoms with Crippen molar-refractivity contribution in [3.63, 3.8) is 0 Å². The molecule has 78 heavy (non-hydrogen) atoms. The molecule has 0 amide bonds. The van der Waals surface area contributed by atoms with Crippen molar-refractivity contribution in [2.45, 2.75) is 39.2 Å². The quantitative estimate of drug-likeness (QED) is 0.102. The summed E-state index contributed by atoms with van der Waals surface area (Å²) in [7, 11) is 0. The van der Waals surface area contributed by atoms with Gasteiger partial charge in [0.25, 0.3) is 0 Å². The Labute approximate surface area is 450 Å². The Morgan fingerprint density at radius 3 is 0.974 bits per heavy atom. The molecule has 14 heteroatoms. The summed E-state index contributed by atoms with van der Waals surface area (Å²) in [6.07, 6.45) is 0.301. The smallest absolute Gasteiger partial charge is 0.130 e. The van der Waals surface area contributed by atoms with Gasteiger partial charge in [-0.05, 0) is 128 Å². The van der Waals surface area contributed by atoms with Gasteiger partial charge in [-0.15, -0.1) is 0 Å². The van der Waals surface area contributed by atoms with Crippen LogP contribution in [0.3, 0.4) is 0 Å². The Morgan fingerprint density at radius 2 is 0.628 bits per heavy atom. The molecule has 1 aliphatic carbocycles. The van der Waals surface area contributed by atoms with Crippen molar-refractivity contribution in [3.05, 3.63) is 262 Å². The number of fused-ring (bicyclic) bond motifs is 8. The summed E-state index contributed by atoms with van der Waals surface area (Å²) in [5.41, 5.74) is 11.5. The second-order valence-electron chi connectivity index (χ2n) is 18.7. The van der Waals surface area contributed by atoms with Crippen LogP contribution in [0.2, 0.25) is 0 Å². The first-order valence-corrected chi connectivity index (χ1v) is 25.3. The van der Waals surface area contributed by atoms with Crippen LogP contribution in [-0.4, -0.2) is 25.3 Å². The number of pyridine rings is 2. The second kappa shape index (κ2) is 23.1. The van der Waals surface area contributed by atoms with Gasteiger partial charge in [0.1, 0.15) is 29.6 Å². The highest BCUT2D eigenvalue weighted by Crippen LogP contribution is 2.43. The van der Waals surface area contributed by atoms with Crippen LogP contribution in [0.25, 0.3) is 11.4 Å². The maximum Gasteiger partial charge on any atom is 0.130 e. The first-order chi connectivity index (χ1) is 38.2. The van der Waals surface area contributed by atoms with Crippen molar-refractivity contribution in [1.82, 2.24) is 9.97 Å². The van der Waals surface area contributed by atoms with E-state index in [4.69, 9.17) is 30.0 Å². The van der Waals surface area contributed by atoms with Crippen LogP contribution in [0.5, 0.6) is 23.0 Å². The van der Waals surface area contributed by atoms with Gasteiger partial charge in [-0.3, -0.25) is 4.98 Å². The molecule has 2 aromatic heterocycles. The van der Waals surface area contributed by atoms with E-state index in [-0.39, 0.29) is 49.5 Å². The number of benzene rings is 8. The predicted molar refractivity (Wildman–Crippen MR) is 301 cm³/mol. The van der Waals surface area contributed by atoms with Crippen molar-refractivity contribution in [3.8, 4) is 34.4 Å². The number of hydrogen-bond acceptors (Lipinski definition) is 14. The molecule has 0 saturated heterocycles. The molecular formula is C64H50N10O4. The molecule has 0 radical (unpaired) electrons. The van der Waals surface area contributed by atoms with Crippen molar-refractivity contribution in [2.75, 3.05) is 0 Å². The van der Waals surface area contributed by atoms with Crippen LogP contribution in [0, 0.1) is 6.92 Å².